The van der Waals surface area contributed by atoms with Crippen molar-refractivity contribution in [3.8, 4) is 11.8 Å². The fraction of sp³-hybridized carbons (Fsp3) is 0.429. The topological polar surface area (TPSA) is 38.7 Å². The number of aliphatic hydroxyl groups excluding tert-OH is 1. The third-order valence-corrected chi connectivity index (χ3v) is 2.17. The van der Waals surface area contributed by atoms with Crippen molar-refractivity contribution in [2.75, 3.05) is 26.9 Å². The van der Waals surface area contributed by atoms with E-state index in [1.807, 2.05) is 24.3 Å². The quantitative estimate of drug-likeness (QED) is 0.600. The Morgan fingerprint density at radius 2 is 2.06 bits per heavy atom. The van der Waals surface area contributed by atoms with Gasteiger partial charge in [0.05, 0.1) is 26.4 Å². The Morgan fingerprint density at radius 1 is 1.24 bits per heavy atom. The van der Waals surface area contributed by atoms with Crippen molar-refractivity contribution in [2.45, 2.75) is 13.0 Å². The van der Waals surface area contributed by atoms with Gasteiger partial charge >= 0.3 is 0 Å². The Bertz CT molecular complexity index is 377. The fourth-order valence-corrected chi connectivity index (χ4v) is 1.31. The van der Waals surface area contributed by atoms with Crippen LogP contribution in [-0.4, -0.2) is 32.0 Å². The molecular weight excluding hydrogens is 216 g/mol. The van der Waals surface area contributed by atoms with E-state index >= 15 is 0 Å². The van der Waals surface area contributed by atoms with Crippen LogP contribution in [0.1, 0.15) is 17.5 Å². The third kappa shape index (κ3) is 5.50. The lowest BCUT2D eigenvalue weighted by Crippen LogP contribution is -2.02. The molecule has 3 heteroatoms. The van der Waals surface area contributed by atoms with Crippen molar-refractivity contribution in [1.29, 1.82) is 0 Å². The van der Waals surface area contributed by atoms with Crippen LogP contribution >= 0.6 is 0 Å². The van der Waals surface area contributed by atoms with Crippen LogP contribution in [0.4, 0.5) is 0 Å². The van der Waals surface area contributed by atoms with Crippen LogP contribution < -0.4 is 0 Å². The van der Waals surface area contributed by atoms with Gasteiger partial charge in [0.25, 0.3) is 0 Å². The monoisotopic (exact) mass is 234 g/mol. The third-order valence-electron chi connectivity index (χ3n) is 2.17. The summed E-state index contributed by atoms with van der Waals surface area (Å²) in [5, 5.41) is 8.67. The van der Waals surface area contributed by atoms with Gasteiger partial charge in [-0.15, -0.1) is 0 Å². The summed E-state index contributed by atoms with van der Waals surface area (Å²) in [5.41, 5.74) is 2.02. The van der Waals surface area contributed by atoms with Crippen molar-refractivity contribution in [3.05, 3.63) is 35.4 Å². The smallest absolute Gasteiger partial charge is 0.0730 e. The predicted octanol–water partition coefficient (Wildman–Crippen LogP) is 1.58. The largest absolute Gasteiger partial charge is 0.395 e. The molecule has 1 aromatic rings. The molecule has 1 rings (SSSR count). The Balaban J connectivity index is 2.56. The van der Waals surface area contributed by atoms with Gasteiger partial charge < -0.3 is 14.6 Å². The summed E-state index contributed by atoms with van der Waals surface area (Å²) in [7, 11) is 1.65. The Hall–Kier alpha value is -1.34. The lowest BCUT2D eigenvalue weighted by Gasteiger charge is -2.05. The fourth-order valence-electron chi connectivity index (χ4n) is 1.31. The first-order valence-electron chi connectivity index (χ1n) is 5.62. The zero-order chi connectivity index (χ0) is 12.3. The molecule has 0 aliphatic rings. The lowest BCUT2D eigenvalue weighted by atomic mass is 10.1. The normalized spacial score (nSPS) is 9.76. The van der Waals surface area contributed by atoms with Crippen molar-refractivity contribution in [3.63, 3.8) is 0 Å². The van der Waals surface area contributed by atoms with Gasteiger partial charge in [-0.25, -0.2) is 0 Å². The molecule has 0 saturated carbocycles. The van der Waals surface area contributed by atoms with E-state index < -0.39 is 0 Å². The van der Waals surface area contributed by atoms with E-state index in [-0.39, 0.29) is 6.61 Å². The molecule has 0 unspecified atom stereocenters. The van der Waals surface area contributed by atoms with E-state index in [9.17, 15) is 0 Å². The second kappa shape index (κ2) is 8.77. The highest BCUT2D eigenvalue weighted by Crippen LogP contribution is 2.08. The van der Waals surface area contributed by atoms with Crippen LogP contribution in [0.5, 0.6) is 0 Å². The summed E-state index contributed by atoms with van der Waals surface area (Å²) in [6.45, 7) is 1.81. The number of hydrogen-bond acceptors (Lipinski definition) is 3. The number of benzene rings is 1. The molecule has 92 valence electrons. The van der Waals surface area contributed by atoms with E-state index in [1.165, 1.54) is 0 Å². The van der Waals surface area contributed by atoms with Crippen molar-refractivity contribution in [1.82, 2.24) is 0 Å². The zero-order valence-electron chi connectivity index (χ0n) is 10.1. The van der Waals surface area contributed by atoms with Crippen LogP contribution in [0.15, 0.2) is 24.3 Å². The highest BCUT2D eigenvalue weighted by molar-refractivity contribution is 5.40. The van der Waals surface area contributed by atoms with E-state index in [0.29, 0.717) is 26.2 Å². The van der Waals surface area contributed by atoms with Gasteiger partial charge in [-0.1, -0.05) is 30.0 Å². The summed E-state index contributed by atoms with van der Waals surface area (Å²) in [4.78, 5) is 0. The average molecular weight is 234 g/mol. The molecule has 0 aromatic heterocycles. The number of methoxy groups -OCH3 is 1. The standard InChI is InChI=1S/C14H18O3/c1-16-10-11-17-12-14-8-3-2-6-13(14)7-4-5-9-15/h2-3,6,8,15H,5,9-12H2,1H3. The predicted molar refractivity (Wildman–Crippen MR) is 66.6 cm³/mol. The zero-order valence-corrected chi connectivity index (χ0v) is 10.1. The molecule has 0 amide bonds. The SMILES string of the molecule is COCCOCc1ccccc1C#CCCO. The highest BCUT2D eigenvalue weighted by Gasteiger charge is 1.98. The summed E-state index contributed by atoms with van der Waals surface area (Å²) in [6, 6.07) is 7.86. The molecule has 1 N–H and O–H groups in total. The number of aliphatic hydroxyl groups is 1. The molecule has 1 aromatic carbocycles. The van der Waals surface area contributed by atoms with Gasteiger partial charge in [0.1, 0.15) is 0 Å². The maximum absolute atomic E-state index is 8.67. The van der Waals surface area contributed by atoms with Crippen LogP contribution in [0, 0.1) is 11.8 Å². The summed E-state index contributed by atoms with van der Waals surface area (Å²) >= 11 is 0. The molecule has 0 spiro atoms. The van der Waals surface area contributed by atoms with Gasteiger partial charge in [0.2, 0.25) is 0 Å². The molecule has 0 heterocycles. The van der Waals surface area contributed by atoms with Gasteiger partial charge in [-0.05, 0) is 11.6 Å². The molecule has 0 radical (unpaired) electrons. The maximum atomic E-state index is 8.67. The summed E-state index contributed by atoms with van der Waals surface area (Å²) < 4.78 is 10.4. The molecule has 0 fully saturated rings. The number of hydrogen-bond donors (Lipinski definition) is 1. The molecule has 17 heavy (non-hydrogen) atoms. The molecular formula is C14H18O3. The minimum Gasteiger partial charge on any atom is -0.395 e. The van der Waals surface area contributed by atoms with Crippen molar-refractivity contribution < 1.29 is 14.6 Å². The van der Waals surface area contributed by atoms with Crippen LogP contribution in [0.25, 0.3) is 0 Å². The minimum atomic E-state index is 0.0967. The number of ether oxygens (including phenoxy) is 2. The molecule has 0 saturated heterocycles. The second-order valence-corrected chi connectivity index (χ2v) is 3.48. The molecule has 0 atom stereocenters. The average Bonchev–Trinajstić information content (AvgIpc) is 2.36. The van der Waals surface area contributed by atoms with Crippen molar-refractivity contribution >= 4 is 0 Å². The molecule has 0 aliphatic heterocycles. The Morgan fingerprint density at radius 3 is 2.82 bits per heavy atom. The van der Waals surface area contributed by atoms with Crippen LogP contribution in [0.3, 0.4) is 0 Å². The minimum absolute atomic E-state index is 0.0967. The highest BCUT2D eigenvalue weighted by atomic mass is 16.5. The Labute approximate surface area is 102 Å². The molecule has 3 nitrogen and oxygen atoms in total. The first-order chi connectivity index (χ1) is 8.38. The first kappa shape index (κ1) is 13.7. The number of rotatable bonds is 6. The van der Waals surface area contributed by atoms with E-state index in [2.05, 4.69) is 11.8 Å². The Kier molecular flexibility index (Phi) is 7.08. The van der Waals surface area contributed by atoms with Gasteiger partial charge in [0.15, 0.2) is 0 Å². The van der Waals surface area contributed by atoms with E-state index in [4.69, 9.17) is 14.6 Å². The second-order valence-electron chi connectivity index (χ2n) is 3.48. The molecule has 0 bridgehead atoms. The molecule has 0 aliphatic carbocycles. The van der Waals surface area contributed by atoms with E-state index in [0.717, 1.165) is 11.1 Å². The summed E-state index contributed by atoms with van der Waals surface area (Å²) in [6.07, 6.45) is 0.499. The van der Waals surface area contributed by atoms with Crippen LogP contribution in [0.2, 0.25) is 0 Å². The van der Waals surface area contributed by atoms with Crippen LogP contribution in [-0.2, 0) is 16.1 Å². The summed E-state index contributed by atoms with van der Waals surface area (Å²) in [5.74, 6) is 5.95. The first-order valence-corrected chi connectivity index (χ1v) is 5.62. The maximum Gasteiger partial charge on any atom is 0.0730 e. The lowest BCUT2D eigenvalue weighted by molar-refractivity contribution is 0.0616. The van der Waals surface area contributed by atoms with Gasteiger partial charge in [-0.3, -0.25) is 0 Å². The van der Waals surface area contributed by atoms with E-state index in [1.54, 1.807) is 7.11 Å². The van der Waals surface area contributed by atoms with Gasteiger partial charge in [0, 0.05) is 19.1 Å². The van der Waals surface area contributed by atoms with Crippen molar-refractivity contribution in [2.24, 2.45) is 0 Å². The van der Waals surface area contributed by atoms with Gasteiger partial charge in [-0.2, -0.15) is 0 Å².